The van der Waals surface area contributed by atoms with Crippen molar-refractivity contribution in [3.63, 3.8) is 0 Å². The van der Waals surface area contributed by atoms with Crippen molar-refractivity contribution in [2.24, 2.45) is 5.10 Å². The number of ether oxygens (including phenoxy) is 3. The van der Waals surface area contributed by atoms with E-state index >= 15 is 0 Å². The van der Waals surface area contributed by atoms with Crippen molar-refractivity contribution in [2.75, 3.05) is 13.4 Å². The average Bonchev–Trinajstić information content (AvgIpc) is 3.04. The first-order chi connectivity index (χ1) is 11.6. The second-order valence-electron chi connectivity index (χ2n) is 5.11. The highest BCUT2D eigenvalue weighted by molar-refractivity contribution is 9.10. The molecular weight excluding hydrogens is 376 g/mol. The summed E-state index contributed by atoms with van der Waals surface area (Å²) in [6.45, 7) is 2.06. The summed E-state index contributed by atoms with van der Waals surface area (Å²) in [5.74, 6) is 1.66. The fourth-order valence-corrected chi connectivity index (χ4v) is 2.31. The number of hydrogen-bond donors (Lipinski definition) is 1. The molecule has 2 aromatic rings. The second kappa shape index (κ2) is 7.35. The highest BCUT2D eigenvalue weighted by Crippen LogP contribution is 2.31. The Hall–Kier alpha value is -2.54. The molecule has 124 valence electrons. The molecule has 1 aliphatic heterocycles. The number of halogens is 1. The lowest BCUT2D eigenvalue weighted by Gasteiger charge is -2.06. The summed E-state index contributed by atoms with van der Waals surface area (Å²) in [6.07, 6.45) is 1.53. The number of fused-ring (bicyclic) bond motifs is 1. The van der Waals surface area contributed by atoms with E-state index in [1.807, 2.05) is 25.1 Å². The quantitative estimate of drug-likeness (QED) is 0.629. The van der Waals surface area contributed by atoms with Crippen LogP contribution in [0.4, 0.5) is 0 Å². The lowest BCUT2D eigenvalue weighted by Crippen LogP contribution is -2.24. The minimum atomic E-state index is -0.340. The molecule has 7 heteroatoms. The number of amides is 1. The van der Waals surface area contributed by atoms with E-state index in [2.05, 4.69) is 26.5 Å². The van der Waals surface area contributed by atoms with Crippen LogP contribution >= 0.6 is 15.9 Å². The zero-order chi connectivity index (χ0) is 16.9. The van der Waals surface area contributed by atoms with Crippen LogP contribution in [-0.4, -0.2) is 25.5 Å². The summed E-state index contributed by atoms with van der Waals surface area (Å²) in [7, 11) is 0. The maximum absolute atomic E-state index is 11.7. The number of rotatable bonds is 5. The second-order valence-corrected chi connectivity index (χ2v) is 5.96. The number of hydrogen-bond acceptors (Lipinski definition) is 5. The van der Waals surface area contributed by atoms with E-state index < -0.39 is 0 Å². The highest BCUT2D eigenvalue weighted by Gasteiger charge is 2.12. The number of benzene rings is 2. The fraction of sp³-hybridized carbons (Fsp3) is 0.176. The monoisotopic (exact) mass is 390 g/mol. The van der Waals surface area contributed by atoms with Gasteiger partial charge in [-0.2, -0.15) is 5.10 Å². The molecule has 1 N–H and O–H groups in total. The Kier molecular flexibility index (Phi) is 5.00. The van der Waals surface area contributed by atoms with Gasteiger partial charge in [-0.1, -0.05) is 15.9 Å². The number of carbonyl (C=O) groups is 1. The maximum atomic E-state index is 11.7. The highest BCUT2D eigenvalue weighted by atomic mass is 79.9. The summed E-state index contributed by atoms with van der Waals surface area (Å²) in [5, 5.41) is 3.90. The Morgan fingerprint density at radius 2 is 2.12 bits per heavy atom. The van der Waals surface area contributed by atoms with E-state index in [0.29, 0.717) is 17.2 Å². The minimum Gasteiger partial charge on any atom is -0.484 e. The molecule has 0 fully saturated rings. The molecule has 0 saturated carbocycles. The first-order valence-electron chi connectivity index (χ1n) is 7.22. The van der Waals surface area contributed by atoms with Crippen molar-refractivity contribution >= 4 is 28.1 Å². The van der Waals surface area contributed by atoms with Crippen molar-refractivity contribution in [3.05, 3.63) is 52.0 Å². The third-order valence-corrected chi connectivity index (χ3v) is 4.19. The molecule has 0 bridgehead atoms. The van der Waals surface area contributed by atoms with E-state index in [1.54, 1.807) is 18.2 Å². The van der Waals surface area contributed by atoms with Crippen LogP contribution in [0.25, 0.3) is 0 Å². The fourth-order valence-electron chi connectivity index (χ4n) is 2.06. The van der Waals surface area contributed by atoms with Gasteiger partial charge >= 0.3 is 0 Å². The van der Waals surface area contributed by atoms with Gasteiger partial charge in [-0.25, -0.2) is 5.43 Å². The predicted octanol–water partition coefficient (Wildman–Crippen LogP) is 3.02. The van der Waals surface area contributed by atoms with E-state index in [-0.39, 0.29) is 19.3 Å². The predicted molar refractivity (Wildman–Crippen MR) is 92.7 cm³/mol. The number of nitrogens with zero attached hydrogens (tertiary/aromatic N) is 1. The molecule has 0 radical (unpaired) electrons. The molecule has 1 heterocycles. The molecule has 6 nitrogen and oxygen atoms in total. The zero-order valence-electron chi connectivity index (χ0n) is 12.9. The topological polar surface area (TPSA) is 69.2 Å². The lowest BCUT2D eigenvalue weighted by molar-refractivity contribution is -0.123. The number of nitrogens with one attached hydrogen (secondary N) is 1. The Morgan fingerprint density at radius 3 is 2.96 bits per heavy atom. The van der Waals surface area contributed by atoms with E-state index in [1.165, 1.54) is 6.21 Å². The van der Waals surface area contributed by atoms with Crippen molar-refractivity contribution in [2.45, 2.75) is 6.92 Å². The van der Waals surface area contributed by atoms with Gasteiger partial charge in [0, 0.05) is 4.47 Å². The summed E-state index contributed by atoms with van der Waals surface area (Å²) in [4.78, 5) is 11.7. The van der Waals surface area contributed by atoms with Crippen LogP contribution in [0.1, 0.15) is 11.1 Å². The van der Waals surface area contributed by atoms with Gasteiger partial charge in [-0.3, -0.25) is 4.79 Å². The molecule has 0 unspecified atom stereocenters. The van der Waals surface area contributed by atoms with E-state index in [9.17, 15) is 4.79 Å². The van der Waals surface area contributed by atoms with Crippen LogP contribution in [0.2, 0.25) is 0 Å². The third kappa shape index (κ3) is 4.05. The Balaban J connectivity index is 1.49. The zero-order valence-corrected chi connectivity index (χ0v) is 14.5. The first-order valence-corrected chi connectivity index (χ1v) is 8.01. The van der Waals surface area contributed by atoms with Gasteiger partial charge in [-0.05, 0) is 54.4 Å². The Labute approximate surface area is 147 Å². The van der Waals surface area contributed by atoms with Crippen LogP contribution in [0.3, 0.4) is 0 Å². The normalized spacial score (nSPS) is 12.4. The number of aryl methyl sites for hydroxylation is 1. The molecule has 0 saturated heterocycles. The summed E-state index contributed by atoms with van der Waals surface area (Å²) >= 11 is 3.41. The largest absolute Gasteiger partial charge is 0.484 e. The van der Waals surface area contributed by atoms with Gasteiger partial charge in [0.05, 0.1) is 6.21 Å². The molecule has 0 spiro atoms. The van der Waals surface area contributed by atoms with Gasteiger partial charge in [0.1, 0.15) is 5.75 Å². The summed E-state index contributed by atoms with van der Waals surface area (Å²) < 4.78 is 16.9. The Bertz CT molecular complexity index is 792. The molecule has 24 heavy (non-hydrogen) atoms. The molecule has 0 aliphatic carbocycles. The number of carbonyl (C=O) groups excluding carboxylic acids is 1. The van der Waals surface area contributed by atoms with Crippen molar-refractivity contribution in [3.8, 4) is 17.2 Å². The molecule has 0 atom stereocenters. The van der Waals surface area contributed by atoms with Crippen LogP contribution in [0.5, 0.6) is 17.2 Å². The molecule has 0 aromatic heterocycles. The SMILES string of the molecule is Cc1cc(OCC(=O)N/N=C/c2ccc3c(c2)OCO3)ccc1Br. The van der Waals surface area contributed by atoms with Crippen LogP contribution in [0.15, 0.2) is 46.0 Å². The van der Waals surface area contributed by atoms with Gasteiger partial charge in [-0.15, -0.1) is 0 Å². The maximum Gasteiger partial charge on any atom is 0.277 e. The lowest BCUT2D eigenvalue weighted by atomic mass is 10.2. The third-order valence-electron chi connectivity index (χ3n) is 3.30. The standard InChI is InChI=1S/C17H15BrN2O4/c1-11-6-13(3-4-14(11)18)22-9-17(21)20-19-8-12-2-5-15-16(7-12)24-10-23-15/h2-8H,9-10H2,1H3,(H,20,21)/b19-8+. The van der Waals surface area contributed by atoms with Crippen LogP contribution < -0.4 is 19.6 Å². The first kappa shape index (κ1) is 16.3. The van der Waals surface area contributed by atoms with Gasteiger partial charge in [0.2, 0.25) is 6.79 Å². The summed E-state index contributed by atoms with van der Waals surface area (Å²) in [6, 6.07) is 10.9. The van der Waals surface area contributed by atoms with Gasteiger partial charge in [0.15, 0.2) is 18.1 Å². The van der Waals surface area contributed by atoms with Gasteiger partial charge in [0.25, 0.3) is 5.91 Å². The minimum absolute atomic E-state index is 0.112. The smallest absolute Gasteiger partial charge is 0.277 e. The van der Waals surface area contributed by atoms with Crippen molar-refractivity contribution in [1.29, 1.82) is 0 Å². The van der Waals surface area contributed by atoms with Crippen molar-refractivity contribution in [1.82, 2.24) is 5.43 Å². The van der Waals surface area contributed by atoms with E-state index in [4.69, 9.17) is 14.2 Å². The number of hydrazone groups is 1. The Morgan fingerprint density at radius 1 is 1.29 bits per heavy atom. The molecule has 3 rings (SSSR count). The van der Waals surface area contributed by atoms with Gasteiger partial charge < -0.3 is 14.2 Å². The van der Waals surface area contributed by atoms with Crippen LogP contribution in [0, 0.1) is 6.92 Å². The summed E-state index contributed by atoms with van der Waals surface area (Å²) in [5.41, 5.74) is 4.25. The molecule has 1 amide bonds. The van der Waals surface area contributed by atoms with Crippen molar-refractivity contribution < 1.29 is 19.0 Å². The molecule has 1 aliphatic rings. The van der Waals surface area contributed by atoms with Crippen LogP contribution in [-0.2, 0) is 4.79 Å². The average molecular weight is 391 g/mol. The molecular formula is C17H15BrN2O4. The molecule has 2 aromatic carbocycles. The van der Waals surface area contributed by atoms with E-state index in [0.717, 1.165) is 15.6 Å².